The van der Waals surface area contributed by atoms with Gasteiger partial charge in [0.15, 0.2) is 0 Å². The molecule has 2 heteroatoms. The fourth-order valence-corrected chi connectivity index (χ4v) is 3.61. The van der Waals surface area contributed by atoms with Gasteiger partial charge in [-0.15, -0.1) is 6.58 Å². The van der Waals surface area contributed by atoms with Gasteiger partial charge in [0.25, 0.3) is 0 Å². The summed E-state index contributed by atoms with van der Waals surface area (Å²) in [5.41, 5.74) is 0. The van der Waals surface area contributed by atoms with Gasteiger partial charge in [-0.2, -0.15) is 11.1 Å². The van der Waals surface area contributed by atoms with E-state index in [4.69, 9.17) is 11.1 Å². The molecule has 0 heterocycles. The Labute approximate surface area is 89.7 Å². The number of hydrogen-bond donors (Lipinski definition) is 0. The first-order valence-corrected chi connectivity index (χ1v) is 8.94. The molecule has 0 aliphatic carbocycles. The van der Waals surface area contributed by atoms with Crippen molar-refractivity contribution in [2.45, 2.75) is 57.5 Å². The Morgan fingerprint density at radius 2 is 1.77 bits per heavy atom. The van der Waals surface area contributed by atoms with Gasteiger partial charge in [-0.25, -0.2) is 0 Å². The Morgan fingerprint density at radius 3 is 2.38 bits per heavy atom. The zero-order chi connectivity index (χ0) is 9.94. The summed E-state index contributed by atoms with van der Waals surface area (Å²) in [5, 5.41) is 0. The maximum absolute atomic E-state index is 6.19. The molecule has 0 saturated heterocycles. The summed E-state index contributed by atoms with van der Waals surface area (Å²) < 4.78 is 0. The highest BCUT2D eigenvalue weighted by Crippen LogP contribution is 2.13. The summed E-state index contributed by atoms with van der Waals surface area (Å²) in [5.74, 6) is 0. The van der Waals surface area contributed by atoms with Crippen LogP contribution in [0.2, 0.25) is 12.1 Å². The van der Waals surface area contributed by atoms with E-state index >= 15 is 0 Å². The Morgan fingerprint density at radius 1 is 1.15 bits per heavy atom. The van der Waals surface area contributed by atoms with E-state index in [1.807, 2.05) is 6.08 Å². The molecule has 0 saturated carbocycles. The molecule has 0 aromatic rings. The third-order valence-electron chi connectivity index (χ3n) is 2.29. The average molecular weight is 219 g/mol. The third kappa shape index (κ3) is 10.2. The minimum absolute atomic E-state index is 0.907. The van der Waals surface area contributed by atoms with E-state index in [1.54, 1.807) is 0 Å². The van der Waals surface area contributed by atoms with Gasteiger partial charge in [-0.3, -0.25) is 0 Å². The van der Waals surface area contributed by atoms with Crippen LogP contribution in [0.15, 0.2) is 12.7 Å². The van der Waals surface area contributed by atoms with Crippen molar-refractivity contribution >= 4 is 19.2 Å². The average Bonchev–Trinajstić information content (AvgIpc) is 2.11. The Balaban J connectivity index is 3.01. The van der Waals surface area contributed by atoms with Crippen LogP contribution in [0.3, 0.4) is 0 Å². The fraction of sp³-hybridized carbons (Fsp3) is 0.818. The SMILES string of the molecule is C=CC[SiH](Cl)CCCCCCCC. The Bertz CT molecular complexity index is 115. The highest BCUT2D eigenvalue weighted by atomic mass is 35.6. The lowest BCUT2D eigenvalue weighted by atomic mass is 10.1. The van der Waals surface area contributed by atoms with E-state index in [1.165, 1.54) is 44.6 Å². The third-order valence-corrected chi connectivity index (χ3v) is 5.36. The molecule has 0 rings (SSSR count). The molecule has 0 amide bonds. The zero-order valence-electron chi connectivity index (χ0n) is 8.90. The molecule has 0 aliphatic heterocycles. The minimum Gasteiger partial charge on any atom is -0.171 e. The summed E-state index contributed by atoms with van der Waals surface area (Å²) in [6.07, 6.45) is 10.2. The molecule has 0 aromatic carbocycles. The van der Waals surface area contributed by atoms with Crippen LogP contribution in [0.1, 0.15) is 45.4 Å². The Hall–Kier alpha value is 0.247. The second kappa shape index (κ2) is 10.3. The van der Waals surface area contributed by atoms with Crippen LogP contribution in [-0.2, 0) is 0 Å². The van der Waals surface area contributed by atoms with Crippen molar-refractivity contribution in [1.29, 1.82) is 0 Å². The Kier molecular flexibility index (Phi) is 10.5. The van der Waals surface area contributed by atoms with Crippen LogP contribution in [-0.4, -0.2) is 8.11 Å². The summed E-state index contributed by atoms with van der Waals surface area (Å²) in [4.78, 5) is 0. The van der Waals surface area contributed by atoms with Gasteiger partial charge in [0, 0.05) is 0 Å². The second-order valence-corrected chi connectivity index (χ2v) is 7.77. The molecular formula is C11H23ClSi. The topological polar surface area (TPSA) is 0 Å². The summed E-state index contributed by atoms with van der Waals surface area (Å²) in [6, 6.07) is 2.39. The van der Waals surface area contributed by atoms with E-state index in [-0.39, 0.29) is 0 Å². The number of unbranched alkanes of at least 4 members (excludes halogenated alkanes) is 5. The summed E-state index contributed by atoms with van der Waals surface area (Å²) >= 11 is 6.19. The van der Waals surface area contributed by atoms with Gasteiger partial charge in [-0.1, -0.05) is 51.5 Å². The van der Waals surface area contributed by atoms with Crippen LogP contribution >= 0.6 is 11.1 Å². The fourth-order valence-electron chi connectivity index (χ4n) is 1.44. The zero-order valence-corrected chi connectivity index (χ0v) is 10.8. The van der Waals surface area contributed by atoms with Crippen molar-refractivity contribution in [2.75, 3.05) is 0 Å². The van der Waals surface area contributed by atoms with Crippen LogP contribution in [0, 0.1) is 0 Å². The quantitative estimate of drug-likeness (QED) is 0.232. The molecule has 0 spiro atoms. The van der Waals surface area contributed by atoms with E-state index in [0.717, 1.165) is 6.04 Å². The number of halogens is 1. The first-order chi connectivity index (χ1) is 6.31. The summed E-state index contributed by atoms with van der Waals surface area (Å²) in [7, 11) is -0.907. The predicted octanol–water partition coefficient (Wildman–Crippen LogP) is 4.50. The number of hydrogen-bond acceptors (Lipinski definition) is 0. The van der Waals surface area contributed by atoms with Gasteiger partial charge in [-0.05, 0) is 12.1 Å². The van der Waals surface area contributed by atoms with Crippen molar-refractivity contribution in [2.24, 2.45) is 0 Å². The highest BCUT2D eigenvalue weighted by molar-refractivity contribution is 7.07. The summed E-state index contributed by atoms with van der Waals surface area (Å²) in [6.45, 7) is 5.98. The van der Waals surface area contributed by atoms with Gasteiger partial charge >= 0.3 is 0 Å². The molecule has 0 fully saturated rings. The predicted molar refractivity (Wildman–Crippen MR) is 66.2 cm³/mol. The van der Waals surface area contributed by atoms with Crippen LogP contribution in [0.4, 0.5) is 0 Å². The maximum atomic E-state index is 6.19. The minimum atomic E-state index is -0.907. The van der Waals surface area contributed by atoms with Crippen LogP contribution in [0.25, 0.3) is 0 Å². The molecule has 0 bridgehead atoms. The normalized spacial score (nSPS) is 12.8. The van der Waals surface area contributed by atoms with Crippen molar-refractivity contribution in [3.8, 4) is 0 Å². The number of allylic oxidation sites excluding steroid dienone is 1. The van der Waals surface area contributed by atoms with Gasteiger partial charge < -0.3 is 0 Å². The van der Waals surface area contributed by atoms with E-state index in [2.05, 4.69) is 13.5 Å². The van der Waals surface area contributed by atoms with Crippen LogP contribution in [0.5, 0.6) is 0 Å². The molecular weight excluding hydrogens is 196 g/mol. The first kappa shape index (κ1) is 13.2. The molecule has 78 valence electrons. The molecule has 13 heavy (non-hydrogen) atoms. The second-order valence-electron chi connectivity index (χ2n) is 3.68. The lowest BCUT2D eigenvalue weighted by molar-refractivity contribution is 0.623. The monoisotopic (exact) mass is 218 g/mol. The first-order valence-electron chi connectivity index (χ1n) is 5.56. The van der Waals surface area contributed by atoms with Crippen molar-refractivity contribution in [3.05, 3.63) is 12.7 Å². The largest absolute Gasteiger partial charge is 0.171 e. The van der Waals surface area contributed by atoms with E-state index in [9.17, 15) is 0 Å². The molecule has 0 aromatic heterocycles. The maximum Gasteiger partial charge on any atom is 0.144 e. The number of rotatable bonds is 9. The molecule has 1 unspecified atom stereocenters. The lowest BCUT2D eigenvalue weighted by Crippen LogP contribution is -2.00. The molecule has 0 aliphatic rings. The van der Waals surface area contributed by atoms with Crippen LogP contribution < -0.4 is 0 Å². The van der Waals surface area contributed by atoms with Gasteiger partial charge in [0.2, 0.25) is 0 Å². The molecule has 0 N–H and O–H groups in total. The smallest absolute Gasteiger partial charge is 0.144 e. The molecule has 0 nitrogen and oxygen atoms in total. The van der Waals surface area contributed by atoms with Crippen molar-refractivity contribution in [3.63, 3.8) is 0 Å². The molecule has 1 atom stereocenters. The van der Waals surface area contributed by atoms with Crippen molar-refractivity contribution in [1.82, 2.24) is 0 Å². The highest BCUT2D eigenvalue weighted by Gasteiger charge is 2.03. The molecule has 0 radical (unpaired) electrons. The van der Waals surface area contributed by atoms with E-state index in [0.29, 0.717) is 0 Å². The van der Waals surface area contributed by atoms with E-state index < -0.39 is 8.11 Å². The van der Waals surface area contributed by atoms with Crippen molar-refractivity contribution < 1.29 is 0 Å². The lowest BCUT2D eigenvalue weighted by Gasteiger charge is -2.03. The van der Waals surface area contributed by atoms with Gasteiger partial charge in [0.05, 0.1) is 0 Å². The standard InChI is InChI=1S/C11H23ClSi/c1-3-5-6-7-8-9-11-13(12)10-4-2/h4,13H,2-3,5-11H2,1H3. The van der Waals surface area contributed by atoms with Gasteiger partial charge in [0.1, 0.15) is 8.11 Å².